The van der Waals surface area contributed by atoms with E-state index in [9.17, 15) is 9.59 Å². The molecule has 1 heterocycles. The van der Waals surface area contributed by atoms with E-state index in [4.69, 9.17) is 5.11 Å². The lowest BCUT2D eigenvalue weighted by Crippen LogP contribution is -2.07. The van der Waals surface area contributed by atoms with E-state index in [2.05, 4.69) is 10.3 Å². The van der Waals surface area contributed by atoms with Crippen LogP contribution in [0.5, 0.6) is 0 Å². The summed E-state index contributed by atoms with van der Waals surface area (Å²) in [5, 5.41) is 12.3. The molecule has 1 amide bonds. The number of anilines is 1. The van der Waals surface area contributed by atoms with Crippen molar-refractivity contribution in [3.05, 3.63) is 35.5 Å². The molecular weight excluding hydrogens is 232 g/mol. The third-order valence-corrected chi connectivity index (χ3v) is 2.49. The summed E-state index contributed by atoms with van der Waals surface area (Å²) in [6, 6.07) is 6.36. The highest BCUT2D eigenvalue weighted by Crippen LogP contribution is 2.24. The topological polar surface area (TPSA) is 79.3 Å². The summed E-state index contributed by atoms with van der Waals surface area (Å²) in [5.41, 5.74) is 2.16. The molecule has 0 saturated carbocycles. The minimum atomic E-state index is -1.01. The third kappa shape index (κ3) is 2.29. The monoisotopic (exact) mass is 244 g/mol. The van der Waals surface area contributed by atoms with Gasteiger partial charge in [-0.15, -0.1) is 0 Å². The first-order valence-electron chi connectivity index (χ1n) is 5.39. The highest BCUT2D eigenvalue weighted by molar-refractivity contribution is 6.03. The summed E-state index contributed by atoms with van der Waals surface area (Å²) >= 11 is 0. The highest BCUT2D eigenvalue weighted by atomic mass is 16.4. The fourth-order valence-electron chi connectivity index (χ4n) is 1.78. The second kappa shape index (κ2) is 4.44. The number of amides is 1. The van der Waals surface area contributed by atoms with Crippen LogP contribution in [-0.4, -0.2) is 22.0 Å². The molecule has 0 radical (unpaired) electrons. The van der Waals surface area contributed by atoms with Crippen LogP contribution in [0.25, 0.3) is 10.9 Å². The van der Waals surface area contributed by atoms with Crippen molar-refractivity contribution < 1.29 is 14.7 Å². The molecule has 2 rings (SSSR count). The maximum atomic E-state index is 11.1. The van der Waals surface area contributed by atoms with E-state index in [1.807, 2.05) is 6.92 Å². The number of carboxylic acid groups (broad SMARTS) is 1. The van der Waals surface area contributed by atoms with Gasteiger partial charge in [-0.2, -0.15) is 0 Å². The number of nitrogens with zero attached hydrogens (tertiary/aromatic N) is 1. The smallest absolute Gasteiger partial charge is 0.335 e. The number of fused-ring (bicyclic) bond motifs is 1. The Morgan fingerprint density at radius 3 is 2.61 bits per heavy atom. The molecule has 0 unspecified atom stereocenters. The average molecular weight is 244 g/mol. The summed E-state index contributed by atoms with van der Waals surface area (Å²) in [6.07, 6.45) is 0. The van der Waals surface area contributed by atoms with E-state index in [1.165, 1.54) is 19.1 Å². The molecule has 0 bridgehead atoms. The number of hydrogen-bond donors (Lipinski definition) is 2. The molecule has 2 N–H and O–H groups in total. The van der Waals surface area contributed by atoms with Crippen molar-refractivity contribution in [2.75, 3.05) is 5.32 Å². The number of carbonyl (C=O) groups excluding carboxylic acids is 1. The van der Waals surface area contributed by atoms with E-state index in [-0.39, 0.29) is 11.5 Å². The molecule has 2 aromatic rings. The van der Waals surface area contributed by atoms with E-state index in [0.29, 0.717) is 16.6 Å². The van der Waals surface area contributed by atoms with Crippen LogP contribution in [0.3, 0.4) is 0 Å². The molecule has 0 atom stereocenters. The molecule has 5 nitrogen and oxygen atoms in total. The van der Waals surface area contributed by atoms with Gasteiger partial charge in [0.05, 0.1) is 16.8 Å². The van der Waals surface area contributed by atoms with Crippen LogP contribution in [0, 0.1) is 6.92 Å². The number of nitrogens with one attached hydrogen (secondary N) is 1. The molecule has 1 aromatic carbocycles. The first-order valence-corrected chi connectivity index (χ1v) is 5.39. The van der Waals surface area contributed by atoms with E-state index >= 15 is 0 Å². The van der Waals surface area contributed by atoms with Gasteiger partial charge in [-0.05, 0) is 31.2 Å². The van der Waals surface area contributed by atoms with Gasteiger partial charge in [-0.1, -0.05) is 0 Å². The van der Waals surface area contributed by atoms with Crippen molar-refractivity contribution >= 4 is 28.5 Å². The first kappa shape index (κ1) is 12.0. The minimum Gasteiger partial charge on any atom is -0.478 e. The zero-order valence-corrected chi connectivity index (χ0v) is 10.0. The zero-order valence-electron chi connectivity index (χ0n) is 10.0. The van der Waals surface area contributed by atoms with E-state index in [0.717, 1.165) is 5.69 Å². The maximum Gasteiger partial charge on any atom is 0.335 e. The van der Waals surface area contributed by atoms with Crippen molar-refractivity contribution in [2.24, 2.45) is 0 Å². The summed E-state index contributed by atoms with van der Waals surface area (Å²) in [6.45, 7) is 3.22. The molecule has 0 saturated heterocycles. The third-order valence-electron chi connectivity index (χ3n) is 2.49. The maximum absolute atomic E-state index is 11.1. The fraction of sp³-hybridized carbons (Fsp3) is 0.154. The number of aromatic carboxylic acids is 1. The predicted molar refractivity (Wildman–Crippen MR) is 67.7 cm³/mol. The first-order chi connectivity index (χ1) is 8.47. The van der Waals surface area contributed by atoms with Crippen LogP contribution in [0.1, 0.15) is 23.0 Å². The van der Waals surface area contributed by atoms with E-state index in [1.54, 1.807) is 12.1 Å². The summed E-state index contributed by atoms with van der Waals surface area (Å²) in [7, 11) is 0. The zero-order chi connectivity index (χ0) is 13.3. The Labute approximate surface area is 103 Å². The van der Waals surface area contributed by atoms with Crippen LogP contribution in [0.15, 0.2) is 24.3 Å². The standard InChI is InChI=1S/C13H12N2O3/c1-7-5-12(15-8(2)16)10-6-9(13(17)18)3-4-11(10)14-7/h3-6H,1-2H3,(H,17,18)(H,14,15,16). The van der Waals surface area contributed by atoms with Gasteiger partial charge in [0.25, 0.3) is 0 Å². The molecule has 92 valence electrons. The Balaban J connectivity index is 2.69. The average Bonchev–Trinajstić information content (AvgIpc) is 2.27. The van der Waals surface area contributed by atoms with Gasteiger partial charge in [-0.3, -0.25) is 9.78 Å². The number of aromatic nitrogens is 1. The molecule has 5 heteroatoms. The molecule has 0 aliphatic carbocycles. The highest BCUT2D eigenvalue weighted by Gasteiger charge is 2.09. The van der Waals surface area contributed by atoms with Crippen molar-refractivity contribution in [1.29, 1.82) is 0 Å². The Bertz CT molecular complexity index is 650. The molecule has 0 spiro atoms. The van der Waals surface area contributed by atoms with Gasteiger partial charge in [0.15, 0.2) is 0 Å². The number of aryl methyl sites for hydroxylation is 1. The minimum absolute atomic E-state index is 0.166. The summed E-state index contributed by atoms with van der Waals surface area (Å²) in [5.74, 6) is -1.21. The molecular formula is C13H12N2O3. The summed E-state index contributed by atoms with van der Waals surface area (Å²) in [4.78, 5) is 26.4. The Morgan fingerprint density at radius 1 is 1.28 bits per heavy atom. The Hall–Kier alpha value is -2.43. The van der Waals surface area contributed by atoms with Gasteiger partial charge in [0.2, 0.25) is 5.91 Å². The lowest BCUT2D eigenvalue weighted by atomic mass is 10.1. The number of pyridine rings is 1. The van der Waals surface area contributed by atoms with Crippen LogP contribution in [0.2, 0.25) is 0 Å². The molecule has 1 aromatic heterocycles. The predicted octanol–water partition coefficient (Wildman–Crippen LogP) is 2.20. The normalized spacial score (nSPS) is 10.3. The number of rotatable bonds is 2. The fourth-order valence-corrected chi connectivity index (χ4v) is 1.78. The van der Waals surface area contributed by atoms with Gasteiger partial charge in [0.1, 0.15) is 0 Å². The van der Waals surface area contributed by atoms with Crippen molar-refractivity contribution in [1.82, 2.24) is 4.98 Å². The number of hydrogen-bond acceptors (Lipinski definition) is 3. The van der Waals surface area contributed by atoms with Gasteiger partial charge < -0.3 is 10.4 Å². The van der Waals surface area contributed by atoms with Crippen molar-refractivity contribution in [3.8, 4) is 0 Å². The number of benzene rings is 1. The lowest BCUT2D eigenvalue weighted by Gasteiger charge is -2.08. The van der Waals surface area contributed by atoms with Gasteiger partial charge >= 0.3 is 5.97 Å². The largest absolute Gasteiger partial charge is 0.478 e. The Morgan fingerprint density at radius 2 is 2.00 bits per heavy atom. The number of carbonyl (C=O) groups is 2. The molecule has 0 fully saturated rings. The summed E-state index contributed by atoms with van der Waals surface area (Å²) < 4.78 is 0. The molecule has 0 aliphatic rings. The second-order valence-corrected chi connectivity index (χ2v) is 4.03. The van der Waals surface area contributed by atoms with Crippen molar-refractivity contribution in [3.63, 3.8) is 0 Å². The second-order valence-electron chi connectivity index (χ2n) is 4.03. The number of carboxylic acids is 1. The van der Waals surface area contributed by atoms with Crippen molar-refractivity contribution in [2.45, 2.75) is 13.8 Å². The molecule has 0 aliphatic heterocycles. The van der Waals surface area contributed by atoms with Crippen LogP contribution >= 0.6 is 0 Å². The molecule has 18 heavy (non-hydrogen) atoms. The Kier molecular flexibility index (Phi) is 2.97. The van der Waals surface area contributed by atoms with Crippen LogP contribution in [0.4, 0.5) is 5.69 Å². The quantitative estimate of drug-likeness (QED) is 0.848. The van der Waals surface area contributed by atoms with Gasteiger partial charge in [0, 0.05) is 18.0 Å². The lowest BCUT2D eigenvalue weighted by molar-refractivity contribution is -0.114. The van der Waals surface area contributed by atoms with E-state index < -0.39 is 5.97 Å². The SMILES string of the molecule is CC(=O)Nc1cc(C)nc2ccc(C(=O)O)cc12. The van der Waals surface area contributed by atoms with Crippen LogP contribution in [-0.2, 0) is 4.79 Å². The van der Waals surface area contributed by atoms with Gasteiger partial charge in [-0.25, -0.2) is 4.79 Å². The van der Waals surface area contributed by atoms with Crippen LogP contribution < -0.4 is 5.32 Å².